The molecule has 0 spiro atoms. The van der Waals surface area contributed by atoms with Gasteiger partial charge in [-0.15, -0.1) is 0 Å². The molecule has 154 valence electrons. The molecule has 0 saturated heterocycles. The number of carbonyl (C=O) groups excluding carboxylic acids is 1. The second-order valence-electron chi connectivity index (χ2n) is 7.53. The lowest BCUT2D eigenvalue weighted by atomic mass is 10.0. The van der Waals surface area contributed by atoms with E-state index in [-0.39, 0.29) is 5.91 Å². The number of rotatable bonds is 5. The van der Waals surface area contributed by atoms with Gasteiger partial charge in [-0.2, -0.15) is 5.10 Å². The van der Waals surface area contributed by atoms with Crippen molar-refractivity contribution in [3.63, 3.8) is 0 Å². The molecule has 0 saturated carbocycles. The van der Waals surface area contributed by atoms with E-state index in [1.165, 1.54) is 0 Å². The van der Waals surface area contributed by atoms with Crippen LogP contribution in [0, 0.1) is 6.92 Å². The van der Waals surface area contributed by atoms with E-state index in [9.17, 15) is 4.79 Å². The number of benzene rings is 1. The number of aromatic nitrogens is 5. The topological polar surface area (TPSA) is 77.1 Å². The van der Waals surface area contributed by atoms with Gasteiger partial charge in [-0.05, 0) is 25.1 Å². The summed E-state index contributed by atoms with van der Waals surface area (Å²) in [6, 6.07) is 17.6. The van der Waals surface area contributed by atoms with Crippen molar-refractivity contribution in [1.29, 1.82) is 0 Å². The Morgan fingerprint density at radius 1 is 1.06 bits per heavy atom. The quantitative estimate of drug-likeness (QED) is 0.481. The number of carbonyl (C=O) groups is 1. The maximum atomic E-state index is 13.2. The lowest BCUT2D eigenvalue weighted by Gasteiger charge is -2.09. The van der Waals surface area contributed by atoms with E-state index in [0.29, 0.717) is 24.2 Å². The number of aryl methyl sites for hydroxylation is 2. The highest BCUT2D eigenvalue weighted by molar-refractivity contribution is 6.07. The predicted octanol–water partition coefficient (Wildman–Crippen LogP) is 3.56. The minimum absolute atomic E-state index is 0.135. The summed E-state index contributed by atoms with van der Waals surface area (Å²) in [6.07, 6.45) is 4.61. The summed E-state index contributed by atoms with van der Waals surface area (Å²) in [5, 5.41) is 8.31. The van der Waals surface area contributed by atoms with Crippen molar-refractivity contribution in [2.45, 2.75) is 13.3 Å². The Kier molecular flexibility index (Phi) is 4.71. The molecule has 0 fully saturated rings. The van der Waals surface area contributed by atoms with Crippen molar-refractivity contribution >= 4 is 22.6 Å². The molecular weight excluding hydrogens is 388 g/mol. The number of nitrogens with one attached hydrogen (secondary N) is 1. The fraction of sp³-hybridized carbons (Fsp3) is 0.167. The molecule has 0 aliphatic heterocycles. The van der Waals surface area contributed by atoms with Crippen LogP contribution < -0.4 is 5.32 Å². The predicted molar refractivity (Wildman–Crippen MR) is 120 cm³/mol. The number of imidazole rings is 1. The Morgan fingerprint density at radius 2 is 1.87 bits per heavy atom. The number of hydrogen-bond donors (Lipinski definition) is 1. The van der Waals surface area contributed by atoms with Crippen LogP contribution >= 0.6 is 0 Å². The number of nitrogens with zero attached hydrogens (tertiary/aromatic N) is 5. The summed E-state index contributed by atoms with van der Waals surface area (Å²) in [4.78, 5) is 22.5. The first-order valence-electron chi connectivity index (χ1n) is 10.2. The Hall–Kier alpha value is -4.00. The van der Waals surface area contributed by atoms with Gasteiger partial charge < -0.3 is 9.72 Å². The van der Waals surface area contributed by atoms with E-state index in [4.69, 9.17) is 4.98 Å². The summed E-state index contributed by atoms with van der Waals surface area (Å²) in [7, 11) is 1.85. The molecule has 0 aliphatic carbocycles. The zero-order valence-electron chi connectivity index (χ0n) is 17.4. The molecule has 5 aromatic rings. The maximum Gasteiger partial charge on any atom is 0.252 e. The highest BCUT2D eigenvalue weighted by atomic mass is 16.1. The van der Waals surface area contributed by atoms with E-state index in [0.717, 1.165) is 33.7 Å². The monoisotopic (exact) mass is 410 g/mol. The molecule has 0 radical (unpaired) electrons. The molecule has 0 bridgehead atoms. The highest BCUT2D eigenvalue weighted by Crippen LogP contribution is 2.26. The van der Waals surface area contributed by atoms with Gasteiger partial charge in [-0.1, -0.05) is 36.4 Å². The van der Waals surface area contributed by atoms with Gasteiger partial charge in [0, 0.05) is 38.0 Å². The van der Waals surface area contributed by atoms with Crippen LogP contribution in [0.3, 0.4) is 0 Å². The molecule has 4 heterocycles. The minimum atomic E-state index is -0.135. The van der Waals surface area contributed by atoms with Crippen molar-refractivity contribution in [3.8, 4) is 11.3 Å². The highest BCUT2D eigenvalue weighted by Gasteiger charge is 2.19. The molecule has 0 unspecified atom stereocenters. The number of pyridine rings is 2. The van der Waals surface area contributed by atoms with Gasteiger partial charge >= 0.3 is 0 Å². The Labute approximate surface area is 179 Å². The molecular formula is C24H22N6O. The summed E-state index contributed by atoms with van der Waals surface area (Å²) < 4.78 is 3.71. The first kappa shape index (κ1) is 19.0. The van der Waals surface area contributed by atoms with E-state index in [2.05, 4.69) is 15.4 Å². The SMILES string of the molecule is Cc1nn(C)c2nc(-c3ccccc3)cc(C(=O)NCCc3cn4ccccc4n3)c12. The van der Waals surface area contributed by atoms with Crippen LogP contribution in [0.1, 0.15) is 21.7 Å². The number of hydrogen-bond acceptors (Lipinski definition) is 4. The first-order chi connectivity index (χ1) is 15.1. The number of fused-ring (bicyclic) bond motifs is 2. The van der Waals surface area contributed by atoms with E-state index in [1.54, 1.807) is 4.68 Å². The van der Waals surface area contributed by atoms with Crippen LogP contribution in [-0.2, 0) is 13.5 Å². The van der Waals surface area contributed by atoms with Gasteiger partial charge in [-0.3, -0.25) is 9.48 Å². The third kappa shape index (κ3) is 3.54. The lowest BCUT2D eigenvalue weighted by molar-refractivity contribution is 0.0955. The van der Waals surface area contributed by atoms with Crippen LogP contribution in [0.15, 0.2) is 67.0 Å². The summed E-state index contributed by atoms with van der Waals surface area (Å²) in [5.41, 5.74) is 5.62. The van der Waals surface area contributed by atoms with Crippen molar-refractivity contribution in [1.82, 2.24) is 29.5 Å². The molecule has 0 aliphatic rings. The normalized spacial score (nSPS) is 11.3. The molecule has 1 N–H and O–H groups in total. The van der Waals surface area contributed by atoms with Gasteiger partial charge in [0.2, 0.25) is 0 Å². The zero-order valence-corrected chi connectivity index (χ0v) is 17.4. The molecule has 0 atom stereocenters. The van der Waals surface area contributed by atoms with Gasteiger partial charge in [0.15, 0.2) is 5.65 Å². The molecule has 7 nitrogen and oxygen atoms in total. The van der Waals surface area contributed by atoms with Crippen LogP contribution in [-0.4, -0.2) is 36.6 Å². The van der Waals surface area contributed by atoms with E-state index >= 15 is 0 Å². The Bertz CT molecular complexity index is 1370. The van der Waals surface area contributed by atoms with E-state index < -0.39 is 0 Å². The van der Waals surface area contributed by atoms with Crippen LogP contribution in [0.2, 0.25) is 0 Å². The smallest absolute Gasteiger partial charge is 0.252 e. The van der Waals surface area contributed by atoms with Crippen molar-refractivity contribution in [2.24, 2.45) is 7.05 Å². The summed E-state index contributed by atoms with van der Waals surface area (Å²) >= 11 is 0. The maximum absolute atomic E-state index is 13.2. The van der Waals surface area contributed by atoms with Gasteiger partial charge in [0.25, 0.3) is 5.91 Å². The summed E-state index contributed by atoms with van der Waals surface area (Å²) in [5.74, 6) is -0.135. The Balaban J connectivity index is 1.43. The average Bonchev–Trinajstić information content (AvgIpc) is 3.33. The molecule has 7 heteroatoms. The summed E-state index contributed by atoms with van der Waals surface area (Å²) in [6.45, 7) is 2.40. The lowest BCUT2D eigenvalue weighted by Crippen LogP contribution is -2.26. The standard InChI is InChI=1S/C24H22N6O/c1-16-22-19(14-20(17-8-4-3-5-9-17)27-23(22)29(2)28-16)24(31)25-12-11-18-15-30-13-7-6-10-21(30)26-18/h3-10,13-15H,11-12H2,1-2H3,(H,25,31). The molecule has 31 heavy (non-hydrogen) atoms. The molecule has 1 amide bonds. The van der Waals surface area contributed by atoms with Crippen molar-refractivity contribution in [2.75, 3.05) is 6.54 Å². The fourth-order valence-corrected chi connectivity index (χ4v) is 3.89. The largest absolute Gasteiger partial charge is 0.352 e. The third-order valence-electron chi connectivity index (χ3n) is 5.36. The van der Waals surface area contributed by atoms with Crippen LogP contribution in [0.5, 0.6) is 0 Å². The third-order valence-corrected chi connectivity index (χ3v) is 5.36. The van der Waals surface area contributed by atoms with Gasteiger partial charge in [0.05, 0.1) is 28.0 Å². The average molecular weight is 410 g/mol. The second kappa shape index (κ2) is 7.68. The molecule has 5 rings (SSSR count). The van der Waals surface area contributed by atoms with Crippen LogP contribution in [0.25, 0.3) is 27.9 Å². The van der Waals surface area contributed by atoms with Crippen molar-refractivity contribution in [3.05, 3.63) is 83.9 Å². The van der Waals surface area contributed by atoms with Crippen LogP contribution in [0.4, 0.5) is 0 Å². The fourth-order valence-electron chi connectivity index (χ4n) is 3.89. The van der Waals surface area contributed by atoms with E-state index in [1.807, 2.05) is 85.4 Å². The minimum Gasteiger partial charge on any atom is -0.352 e. The zero-order chi connectivity index (χ0) is 21.4. The van der Waals surface area contributed by atoms with Gasteiger partial charge in [-0.25, -0.2) is 9.97 Å². The second-order valence-corrected chi connectivity index (χ2v) is 7.53. The molecule has 4 aromatic heterocycles. The first-order valence-corrected chi connectivity index (χ1v) is 10.2. The van der Waals surface area contributed by atoms with Gasteiger partial charge in [0.1, 0.15) is 5.65 Å². The molecule has 1 aromatic carbocycles. The number of amides is 1. The Morgan fingerprint density at radius 3 is 2.68 bits per heavy atom. The van der Waals surface area contributed by atoms with Crippen molar-refractivity contribution < 1.29 is 4.79 Å².